The van der Waals surface area contributed by atoms with Crippen molar-refractivity contribution < 1.29 is 31.2 Å². The lowest BCUT2D eigenvalue weighted by molar-refractivity contribution is -0.134. The topological polar surface area (TPSA) is 113 Å². The Labute approximate surface area is 228 Å². The van der Waals surface area contributed by atoms with Crippen LogP contribution in [-0.2, 0) is 20.2 Å². The maximum absolute atomic E-state index is 13.8. The first-order valence-corrected chi connectivity index (χ1v) is 15.1. The Morgan fingerprint density at radius 3 is 2.36 bits per heavy atom. The average molecular weight is 569 g/mol. The highest BCUT2D eigenvalue weighted by Crippen LogP contribution is 2.42. The van der Waals surface area contributed by atoms with Crippen molar-refractivity contribution in [2.24, 2.45) is 0 Å². The van der Waals surface area contributed by atoms with E-state index in [0.29, 0.717) is 23.9 Å². The van der Waals surface area contributed by atoms with Crippen molar-refractivity contribution in [3.05, 3.63) is 29.2 Å². The summed E-state index contributed by atoms with van der Waals surface area (Å²) in [7, 11) is -3.50. The smallest absolute Gasteiger partial charge is 0.290 e. The molecular weight excluding hydrogens is 530 g/mol. The minimum atomic E-state index is -3.50. The van der Waals surface area contributed by atoms with Crippen LogP contribution in [0.15, 0.2) is 16.5 Å². The van der Waals surface area contributed by atoms with Gasteiger partial charge in [-0.05, 0) is 38.2 Å². The number of nitrogens with one attached hydrogen (secondary N) is 1. The van der Waals surface area contributed by atoms with Crippen molar-refractivity contribution in [2.45, 2.75) is 83.1 Å². The summed E-state index contributed by atoms with van der Waals surface area (Å²) in [5.41, 5.74) is 1.57. The first kappa shape index (κ1) is 29.4. The SMILES string of the molecule is CC(C)(C)c1cc(C2CCC(F)(F)CC2)nc2cc(C(=O)N3CCN(C(=O)CNS(C)(=O)=O)CC3(C)C)oc12. The molecule has 12 heteroatoms. The Morgan fingerprint density at radius 2 is 1.79 bits per heavy atom. The molecule has 1 aliphatic heterocycles. The van der Waals surface area contributed by atoms with Crippen molar-refractivity contribution in [2.75, 3.05) is 32.4 Å². The minimum Gasteiger partial charge on any atom is -0.449 e. The van der Waals surface area contributed by atoms with Gasteiger partial charge in [0.05, 0.1) is 18.3 Å². The first-order chi connectivity index (χ1) is 17.9. The molecule has 0 spiro atoms. The summed E-state index contributed by atoms with van der Waals surface area (Å²) in [5, 5.41) is 0. The fraction of sp³-hybridized carbons (Fsp3) is 0.667. The van der Waals surface area contributed by atoms with Crippen LogP contribution < -0.4 is 4.72 Å². The van der Waals surface area contributed by atoms with Gasteiger partial charge in [-0.1, -0.05) is 20.8 Å². The number of carbonyl (C=O) groups excluding carboxylic acids is 2. The predicted octanol–water partition coefficient (Wildman–Crippen LogP) is 4.03. The number of amides is 2. The van der Waals surface area contributed by atoms with Crippen LogP contribution in [0.25, 0.3) is 11.1 Å². The number of halogens is 2. The zero-order valence-electron chi connectivity index (χ0n) is 23.4. The Morgan fingerprint density at radius 1 is 1.15 bits per heavy atom. The van der Waals surface area contributed by atoms with E-state index in [0.717, 1.165) is 17.5 Å². The molecule has 0 unspecified atom stereocenters. The number of nitrogens with zero attached hydrogens (tertiary/aromatic N) is 3. The number of pyridine rings is 1. The number of rotatable bonds is 5. The molecule has 1 aliphatic carbocycles. The summed E-state index contributed by atoms with van der Waals surface area (Å²) in [5.74, 6) is -3.28. The first-order valence-electron chi connectivity index (χ1n) is 13.2. The molecule has 2 aromatic heterocycles. The fourth-order valence-electron chi connectivity index (χ4n) is 5.43. The second kappa shape index (κ2) is 10.1. The van der Waals surface area contributed by atoms with Crippen LogP contribution in [0.3, 0.4) is 0 Å². The van der Waals surface area contributed by atoms with E-state index in [1.807, 2.05) is 40.7 Å². The molecule has 0 atom stereocenters. The molecule has 2 aromatic rings. The van der Waals surface area contributed by atoms with Gasteiger partial charge >= 0.3 is 0 Å². The quantitative estimate of drug-likeness (QED) is 0.583. The molecule has 3 heterocycles. The van der Waals surface area contributed by atoms with Gasteiger partial charge in [-0.3, -0.25) is 9.59 Å². The Kier molecular flexibility index (Phi) is 7.61. The number of hydrogen-bond donors (Lipinski definition) is 1. The second-order valence-electron chi connectivity index (χ2n) is 12.5. The van der Waals surface area contributed by atoms with Gasteiger partial charge in [0.1, 0.15) is 5.52 Å². The van der Waals surface area contributed by atoms with Gasteiger partial charge in [-0.25, -0.2) is 26.9 Å². The van der Waals surface area contributed by atoms with Crippen LogP contribution in [0.5, 0.6) is 0 Å². The van der Waals surface area contributed by atoms with Gasteiger partial charge in [0.15, 0.2) is 11.3 Å². The predicted molar refractivity (Wildman–Crippen MR) is 143 cm³/mol. The van der Waals surface area contributed by atoms with E-state index in [2.05, 4.69) is 4.72 Å². The lowest BCUT2D eigenvalue weighted by atomic mass is 9.81. The molecule has 39 heavy (non-hydrogen) atoms. The standard InChI is InChI=1S/C27H38F2N4O5S/c1-25(2,3)18-13-19(17-7-9-27(28,29)10-8-17)31-20-14-21(38-23(18)20)24(35)33-12-11-32(16-26(33,4)5)22(34)15-30-39(6,36)37/h13-14,17,30H,7-12,15-16H2,1-6H3. The molecule has 0 bridgehead atoms. The molecule has 0 aromatic carbocycles. The summed E-state index contributed by atoms with van der Waals surface area (Å²) < 4.78 is 58.6. The number of piperazine rings is 1. The number of fused-ring (bicyclic) bond motifs is 1. The van der Waals surface area contributed by atoms with Crippen LogP contribution in [0.1, 0.15) is 88.0 Å². The molecular formula is C27H38F2N4O5S. The average Bonchev–Trinajstić information content (AvgIpc) is 3.24. The van der Waals surface area contributed by atoms with Crippen LogP contribution in [0.2, 0.25) is 0 Å². The van der Waals surface area contributed by atoms with E-state index in [4.69, 9.17) is 9.40 Å². The van der Waals surface area contributed by atoms with E-state index in [-0.39, 0.29) is 67.9 Å². The van der Waals surface area contributed by atoms with Crippen molar-refractivity contribution >= 4 is 32.9 Å². The molecule has 216 valence electrons. The number of sulfonamides is 1. The molecule has 9 nitrogen and oxygen atoms in total. The summed E-state index contributed by atoms with van der Waals surface area (Å²) >= 11 is 0. The third kappa shape index (κ3) is 6.59. The Balaban J connectivity index is 1.59. The van der Waals surface area contributed by atoms with Crippen molar-refractivity contribution in [3.63, 3.8) is 0 Å². The molecule has 2 amide bonds. The summed E-state index contributed by atoms with van der Waals surface area (Å²) in [6.07, 6.45) is 1.38. The molecule has 4 rings (SSSR count). The zero-order chi connectivity index (χ0) is 29.0. The molecule has 1 saturated carbocycles. The monoisotopic (exact) mass is 568 g/mol. The van der Waals surface area contributed by atoms with Gasteiger partial charge in [0.2, 0.25) is 21.9 Å². The number of carbonyl (C=O) groups is 2. The summed E-state index contributed by atoms with van der Waals surface area (Å²) in [6.45, 7) is 10.2. The highest BCUT2D eigenvalue weighted by molar-refractivity contribution is 7.88. The zero-order valence-corrected chi connectivity index (χ0v) is 24.3. The van der Waals surface area contributed by atoms with E-state index in [9.17, 15) is 26.8 Å². The third-order valence-corrected chi connectivity index (χ3v) is 8.31. The van der Waals surface area contributed by atoms with Gasteiger partial charge in [0, 0.05) is 55.7 Å². The van der Waals surface area contributed by atoms with Gasteiger partial charge < -0.3 is 14.2 Å². The Bertz CT molecular complexity index is 1370. The normalized spacial score (nSPS) is 20.4. The second-order valence-corrected chi connectivity index (χ2v) is 14.3. The van der Waals surface area contributed by atoms with Gasteiger partial charge in [-0.15, -0.1) is 0 Å². The van der Waals surface area contributed by atoms with Crippen LogP contribution in [0.4, 0.5) is 8.78 Å². The van der Waals surface area contributed by atoms with Gasteiger partial charge in [0.25, 0.3) is 5.91 Å². The molecule has 1 N–H and O–H groups in total. The summed E-state index contributed by atoms with van der Waals surface area (Å²) in [6, 6.07) is 3.56. The van der Waals surface area contributed by atoms with Gasteiger partial charge in [-0.2, -0.15) is 0 Å². The lowest BCUT2D eigenvalue weighted by Gasteiger charge is -2.46. The number of furan rings is 1. The maximum Gasteiger partial charge on any atom is 0.290 e. The fourth-order valence-corrected chi connectivity index (χ4v) is 5.82. The molecule has 2 fully saturated rings. The molecule has 2 aliphatic rings. The van der Waals surface area contributed by atoms with E-state index in [1.54, 1.807) is 15.9 Å². The van der Waals surface area contributed by atoms with Crippen LogP contribution in [-0.4, -0.2) is 78.9 Å². The maximum atomic E-state index is 13.8. The van der Waals surface area contributed by atoms with Crippen molar-refractivity contribution in [1.82, 2.24) is 19.5 Å². The largest absolute Gasteiger partial charge is 0.449 e. The summed E-state index contributed by atoms with van der Waals surface area (Å²) in [4.78, 5) is 34.2. The van der Waals surface area contributed by atoms with E-state index in [1.165, 1.54) is 0 Å². The van der Waals surface area contributed by atoms with Crippen molar-refractivity contribution in [3.8, 4) is 0 Å². The lowest BCUT2D eigenvalue weighted by Crippen LogP contribution is -2.62. The number of aromatic nitrogens is 1. The molecule has 0 radical (unpaired) electrons. The highest BCUT2D eigenvalue weighted by Gasteiger charge is 2.40. The van der Waals surface area contributed by atoms with Crippen LogP contribution >= 0.6 is 0 Å². The Hall–Kier alpha value is -2.60. The number of alkyl halides is 2. The minimum absolute atomic E-state index is 0.0779. The van der Waals surface area contributed by atoms with Crippen molar-refractivity contribution in [1.29, 1.82) is 0 Å². The number of hydrogen-bond acceptors (Lipinski definition) is 6. The highest BCUT2D eigenvalue weighted by atomic mass is 32.2. The third-order valence-electron chi connectivity index (χ3n) is 7.64. The van der Waals surface area contributed by atoms with Crippen LogP contribution in [0, 0.1) is 0 Å². The van der Waals surface area contributed by atoms with E-state index < -0.39 is 21.5 Å². The van der Waals surface area contributed by atoms with E-state index >= 15 is 0 Å². The molecule has 1 saturated heterocycles.